The van der Waals surface area contributed by atoms with Crippen LogP contribution in [0.1, 0.15) is 74.1 Å². The first-order valence-corrected chi connectivity index (χ1v) is 10.9. The van der Waals surface area contributed by atoms with Gasteiger partial charge in [-0.25, -0.2) is 4.79 Å². The summed E-state index contributed by atoms with van der Waals surface area (Å²) in [5.74, 6) is 1.67. The number of carbonyl (C=O) groups is 2. The number of likely N-dealkylation sites (tertiary alicyclic amines) is 2. The fourth-order valence-corrected chi connectivity index (χ4v) is 5.08. The van der Waals surface area contributed by atoms with Crippen LogP contribution in [0.3, 0.4) is 0 Å². The molecule has 1 aromatic rings. The Morgan fingerprint density at radius 2 is 1.68 bits per heavy atom. The number of piperidine rings is 2. The van der Waals surface area contributed by atoms with E-state index in [0.717, 1.165) is 70.3 Å². The molecule has 3 aliphatic rings. The summed E-state index contributed by atoms with van der Waals surface area (Å²) in [4.78, 5) is 29.3. The highest BCUT2D eigenvalue weighted by molar-refractivity contribution is 5.91. The summed E-state index contributed by atoms with van der Waals surface area (Å²) in [5.41, 5.74) is 0. The van der Waals surface area contributed by atoms with E-state index in [-0.39, 0.29) is 24.1 Å². The third kappa shape index (κ3) is 4.20. The number of aryl methyl sites for hydroxylation is 1. The molecule has 1 saturated carbocycles. The minimum Gasteiger partial charge on any atom is -0.456 e. The highest BCUT2D eigenvalue weighted by atomic mass is 16.6. The topological polar surface area (TPSA) is 63.0 Å². The number of carbonyl (C=O) groups excluding carboxylic acids is 2. The van der Waals surface area contributed by atoms with Gasteiger partial charge in [0.1, 0.15) is 11.9 Å². The highest BCUT2D eigenvalue weighted by Gasteiger charge is 2.37. The Kier molecular flexibility index (Phi) is 5.93. The smallest absolute Gasteiger partial charge is 0.410 e. The minimum atomic E-state index is -0.145. The molecule has 28 heavy (non-hydrogen) atoms. The molecule has 1 aromatic heterocycles. The van der Waals surface area contributed by atoms with Crippen molar-refractivity contribution in [3.05, 3.63) is 23.7 Å². The predicted octanol–water partition coefficient (Wildman–Crippen LogP) is 4.37. The molecule has 2 amide bonds. The van der Waals surface area contributed by atoms with Gasteiger partial charge in [0.15, 0.2) is 5.76 Å². The molecule has 1 aliphatic carbocycles. The molecule has 0 aromatic carbocycles. The van der Waals surface area contributed by atoms with Crippen molar-refractivity contribution < 1.29 is 18.7 Å². The lowest BCUT2D eigenvalue weighted by atomic mass is 9.83. The van der Waals surface area contributed by atoms with Gasteiger partial charge >= 0.3 is 6.09 Å². The number of ether oxygens (including phenoxy) is 1. The molecule has 0 radical (unpaired) electrons. The molecular weight excluding hydrogens is 356 g/mol. The molecule has 154 valence electrons. The largest absolute Gasteiger partial charge is 0.456 e. The van der Waals surface area contributed by atoms with Gasteiger partial charge < -0.3 is 19.0 Å². The Balaban J connectivity index is 1.34. The molecule has 4 rings (SSSR count). The SMILES string of the molecule is Cc1ccc(C(=O)N2CCCCC2C2CCN(C(=O)OC3CCCC3)CC2)o1. The second-order valence-corrected chi connectivity index (χ2v) is 8.59. The Morgan fingerprint density at radius 1 is 0.964 bits per heavy atom. The fraction of sp³-hybridized carbons (Fsp3) is 0.727. The van der Waals surface area contributed by atoms with Crippen LogP contribution in [0.15, 0.2) is 16.5 Å². The summed E-state index contributed by atoms with van der Waals surface area (Å²) in [7, 11) is 0. The van der Waals surface area contributed by atoms with Gasteiger partial charge in [0.25, 0.3) is 5.91 Å². The van der Waals surface area contributed by atoms with Gasteiger partial charge in [0.05, 0.1) is 0 Å². The lowest BCUT2D eigenvalue weighted by Gasteiger charge is -2.43. The first kappa shape index (κ1) is 19.3. The number of amides is 2. The van der Waals surface area contributed by atoms with Gasteiger partial charge in [-0.2, -0.15) is 0 Å². The zero-order valence-electron chi connectivity index (χ0n) is 16.9. The molecule has 0 spiro atoms. The van der Waals surface area contributed by atoms with Crippen molar-refractivity contribution in [2.75, 3.05) is 19.6 Å². The van der Waals surface area contributed by atoms with Crippen molar-refractivity contribution in [1.29, 1.82) is 0 Å². The molecular formula is C22H32N2O4. The lowest BCUT2D eigenvalue weighted by molar-refractivity contribution is 0.0285. The number of hydrogen-bond acceptors (Lipinski definition) is 4. The highest BCUT2D eigenvalue weighted by Crippen LogP contribution is 2.32. The maximum atomic E-state index is 13.0. The Hall–Kier alpha value is -1.98. The van der Waals surface area contributed by atoms with E-state index < -0.39 is 0 Å². The summed E-state index contributed by atoms with van der Waals surface area (Å²) >= 11 is 0. The standard InChI is InChI=1S/C22H32N2O4/c1-16-9-10-20(27-16)21(25)24-13-5-4-8-19(24)17-11-14-23(15-12-17)22(26)28-18-6-2-3-7-18/h9-10,17-19H,2-8,11-15H2,1H3. The molecule has 6 heteroatoms. The quantitative estimate of drug-likeness (QED) is 0.771. The average molecular weight is 389 g/mol. The maximum Gasteiger partial charge on any atom is 0.410 e. The predicted molar refractivity (Wildman–Crippen MR) is 105 cm³/mol. The van der Waals surface area contributed by atoms with Crippen molar-refractivity contribution >= 4 is 12.0 Å². The first-order valence-electron chi connectivity index (χ1n) is 10.9. The molecule has 1 atom stereocenters. The van der Waals surface area contributed by atoms with E-state index >= 15 is 0 Å². The molecule has 0 N–H and O–H groups in total. The summed E-state index contributed by atoms with van der Waals surface area (Å²) in [5, 5.41) is 0. The van der Waals surface area contributed by atoms with E-state index in [1.165, 1.54) is 12.8 Å². The zero-order chi connectivity index (χ0) is 19.5. The minimum absolute atomic E-state index is 0.0147. The molecule has 3 fully saturated rings. The van der Waals surface area contributed by atoms with Gasteiger partial charge in [0.2, 0.25) is 0 Å². The number of rotatable bonds is 3. The van der Waals surface area contributed by atoms with E-state index in [0.29, 0.717) is 11.7 Å². The molecule has 1 unspecified atom stereocenters. The normalized spacial score (nSPS) is 24.5. The van der Waals surface area contributed by atoms with E-state index in [1.807, 2.05) is 22.8 Å². The van der Waals surface area contributed by atoms with E-state index in [9.17, 15) is 9.59 Å². The van der Waals surface area contributed by atoms with E-state index in [2.05, 4.69) is 0 Å². The number of hydrogen-bond donors (Lipinski definition) is 0. The monoisotopic (exact) mass is 388 g/mol. The Labute approximate surface area is 167 Å². The van der Waals surface area contributed by atoms with Crippen LogP contribution in [0.5, 0.6) is 0 Å². The van der Waals surface area contributed by atoms with Crippen molar-refractivity contribution in [3.63, 3.8) is 0 Å². The van der Waals surface area contributed by atoms with Crippen LogP contribution in [0.2, 0.25) is 0 Å². The first-order chi connectivity index (χ1) is 13.6. The molecule has 3 heterocycles. The van der Waals surface area contributed by atoms with Gasteiger partial charge in [-0.3, -0.25) is 4.79 Å². The van der Waals surface area contributed by atoms with Gasteiger partial charge in [-0.15, -0.1) is 0 Å². The van der Waals surface area contributed by atoms with Gasteiger partial charge in [-0.05, 0) is 82.8 Å². The van der Waals surface area contributed by atoms with Crippen LogP contribution in [-0.4, -0.2) is 53.6 Å². The molecule has 2 saturated heterocycles. The van der Waals surface area contributed by atoms with Gasteiger partial charge in [-0.1, -0.05) is 0 Å². The van der Waals surface area contributed by atoms with Crippen LogP contribution in [-0.2, 0) is 4.74 Å². The van der Waals surface area contributed by atoms with Crippen LogP contribution in [0, 0.1) is 12.8 Å². The van der Waals surface area contributed by atoms with Crippen LogP contribution in [0.4, 0.5) is 4.79 Å². The summed E-state index contributed by atoms with van der Waals surface area (Å²) in [6.45, 7) is 4.13. The molecule has 2 aliphatic heterocycles. The lowest BCUT2D eigenvalue weighted by Crippen LogP contribution is -2.51. The number of nitrogens with zero attached hydrogens (tertiary/aromatic N) is 2. The van der Waals surface area contributed by atoms with E-state index in [1.54, 1.807) is 6.07 Å². The average Bonchev–Trinajstić information content (AvgIpc) is 3.39. The third-order valence-electron chi connectivity index (χ3n) is 6.67. The Morgan fingerprint density at radius 3 is 2.36 bits per heavy atom. The fourth-order valence-electron chi connectivity index (χ4n) is 5.08. The van der Waals surface area contributed by atoms with Crippen LogP contribution in [0.25, 0.3) is 0 Å². The Bertz CT molecular complexity index is 686. The summed E-state index contributed by atoms with van der Waals surface area (Å²) in [6, 6.07) is 3.88. The molecule has 6 nitrogen and oxygen atoms in total. The molecule has 0 bridgehead atoms. The van der Waals surface area contributed by atoms with E-state index in [4.69, 9.17) is 9.15 Å². The van der Waals surface area contributed by atoms with Gasteiger partial charge in [0, 0.05) is 25.7 Å². The maximum absolute atomic E-state index is 13.0. The zero-order valence-corrected chi connectivity index (χ0v) is 16.9. The van der Waals surface area contributed by atoms with Crippen molar-refractivity contribution in [1.82, 2.24) is 9.80 Å². The van der Waals surface area contributed by atoms with Crippen molar-refractivity contribution in [2.45, 2.75) is 76.9 Å². The second-order valence-electron chi connectivity index (χ2n) is 8.59. The van der Waals surface area contributed by atoms with Crippen LogP contribution >= 0.6 is 0 Å². The third-order valence-corrected chi connectivity index (χ3v) is 6.67. The summed E-state index contributed by atoms with van der Waals surface area (Å²) < 4.78 is 11.2. The summed E-state index contributed by atoms with van der Waals surface area (Å²) in [6.07, 6.45) is 9.45. The van der Waals surface area contributed by atoms with Crippen LogP contribution < -0.4 is 0 Å². The van der Waals surface area contributed by atoms with Crippen molar-refractivity contribution in [3.8, 4) is 0 Å². The number of furan rings is 1. The second kappa shape index (κ2) is 8.58. The van der Waals surface area contributed by atoms with Crippen molar-refractivity contribution in [2.24, 2.45) is 5.92 Å².